The van der Waals surface area contributed by atoms with Crippen LogP contribution in [0.4, 0.5) is 5.69 Å². The molecule has 106 valence electrons. The maximum Gasteiger partial charge on any atom is 0.338 e. The summed E-state index contributed by atoms with van der Waals surface area (Å²) in [5.41, 5.74) is 1.56. The van der Waals surface area contributed by atoms with E-state index in [1.54, 1.807) is 30.4 Å². The third kappa shape index (κ3) is 3.84. The Morgan fingerprint density at radius 1 is 1.35 bits per heavy atom. The molecule has 1 N–H and O–H groups in total. The average molecular weight is 354 g/mol. The number of carbonyl (C=O) groups is 1. The van der Waals surface area contributed by atoms with Gasteiger partial charge in [0.25, 0.3) is 0 Å². The van der Waals surface area contributed by atoms with E-state index in [9.17, 15) is 4.79 Å². The van der Waals surface area contributed by atoms with Crippen molar-refractivity contribution < 1.29 is 9.53 Å². The minimum Gasteiger partial charge on any atom is -0.462 e. The lowest BCUT2D eigenvalue weighted by Gasteiger charge is -2.06. The van der Waals surface area contributed by atoms with E-state index in [0.29, 0.717) is 12.2 Å². The number of benzene rings is 1. The van der Waals surface area contributed by atoms with Crippen molar-refractivity contribution in [1.29, 1.82) is 0 Å². The van der Waals surface area contributed by atoms with Gasteiger partial charge in [0.1, 0.15) is 0 Å². The summed E-state index contributed by atoms with van der Waals surface area (Å²) in [5, 5.41) is 3.34. The molecular weight excluding hydrogens is 338 g/mol. The SMILES string of the molecule is CCOC(=O)c1ccc(NCc2cc(Br)c(C)s2)cc1. The van der Waals surface area contributed by atoms with Gasteiger partial charge in [-0.3, -0.25) is 0 Å². The zero-order valence-electron chi connectivity index (χ0n) is 11.4. The first-order valence-electron chi connectivity index (χ1n) is 6.36. The molecule has 5 heteroatoms. The second-order valence-corrected chi connectivity index (χ2v) is 6.46. The molecule has 0 atom stereocenters. The summed E-state index contributed by atoms with van der Waals surface area (Å²) >= 11 is 5.28. The van der Waals surface area contributed by atoms with E-state index < -0.39 is 0 Å². The quantitative estimate of drug-likeness (QED) is 0.797. The Morgan fingerprint density at radius 3 is 2.60 bits per heavy atom. The van der Waals surface area contributed by atoms with Gasteiger partial charge in [-0.05, 0) is 60.1 Å². The van der Waals surface area contributed by atoms with E-state index in [1.807, 2.05) is 12.1 Å². The van der Waals surface area contributed by atoms with Crippen molar-refractivity contribution in [3.63, 3.8) is 0 Å². The topological polar surface area (TPSA) is 38.3 Å². The number of anilines is 1. The number of nitrogens with one attached hydrogen (secondary N) is 1. The van der Waals surface area contributed by atoms with E-state index in [1.165, 1.54) is 9.75 Å². The Kier molecular flexibility index (Phi) is 5.20. The van der Waals surface area contributed by atoms with Crippen molar-refractivity contribution in [2.75, 3.05) is 11.9 Å². The molecule has 0 fully saturated rings. The zero-order valence-corrected chi connectivity index (χ0v) is 13.8. The molecule has 0 saturated heterocycles. The number of hydrogen-bond acceptors (Lipinski definition) is 4. The monoisotopic (exact) mass is 353 g/mol. The van der Waals surface area contributed by atoms with Gasteiger partial charge in [-0.25, -0.2) is 4.79 Å². The first-order valence-corrected chi connectivity index (χ1v) is 7.97. The van der Waals surface area contributed by atoms with Crippen LogP contribution in [0.5, 0.6) is 0 Å². The maximum absolute atomic E-state index is 11.5. The summed E-state index contributed by atoms with van der Waals surface area (Å²) in [4.78, 5) is 14.1. The number of ether oxygens (including phenoxy) is 1. The van der Waals surface area contributed by atoms with Crippen molar-refractivity contribution in [2.24, 2.45) is 0 Å². The van der Waals surface area contributed by atoms with Gasteiger partial charge in [0.05, 0.1) is 12.2 Å². The Morgan fingerprint density at radius 2 is 2.05 bits per heavy atom. The van der Waals surface area contributed by atoms with E-state index in [2.05, 4.69) is 34.2 Å². The lowest BCUT2D eigenvalue weighted by atomic mass is 10.2. The molecule has 3 nitrogen and oxygen atoms in total. The summed E-state index contributed by atoms with van der Waals surface area (Å²) in [6, 6.07) is 9.45. The van der Waals surface area contributed by atoms with Crippen LogP contribution in [0.2, 0.25) is 0 Å². The molecule has 0 bridgehead atoms. The smallest absolute Gasteiger partial charge is 0.338 e. The summed E-state index contributed by atoms with van der Waals surface area (Å²) in [5.74, 6) is -0.281. The van der Waals surface area contributed by atoms with Gasteiger partial charge in [-0.2, -0.15) is 0 Å². The molecule has 0 amide bonds. The molecule has 20 heavy (non-hydrogen) atoms. The van der Waals surface area contributed by atoms with E-state index in [4.69, 9.17) is 4.74 Å². The van der Waals surface area contributed by atoms with Crippen LogP contribution in [-0.2, 0) is 11.3 Å². The lowest BCUT2D eigenvalue weighted by Crippen LogP contribution is -2.04. The number of rotatable bonds is 5. The van der Waals surface area contributed by atoms with Gasteiger partial charge in [0, 0.05) is 26.5 Å². The summed E-state index contributed by atoms with van der Waals surface area (Å²) < 4.78 is 6.10. The lowest BCUT2D eigenvalue weighted by molar-refractivity contribution is 0.0526. The number of hydrogen-bond donors (Lipinski definition) is 1. The Hall–Kier alpha value is -1.33. The van der Waals surface area contributed by atoms with Crippen LogP contribution in [0.1, 0.15) is 27.0 Å². The van der Waals surface area contributed by atoms with Crippen LogP contribution < -0.4 is 5.32 Å². The van der Waals surface area contributed by atoms with Gasteiger partial charge in [-0.1, -0.05) is 0 Å². The first kappa shape index (κ1) is 15.1. The van der Waals surface area contributed by atoms with Crippen molar-refractivity contribution in [1.82, 2.24) is 0 Å². The van der Waals surface area contributed by atoms with Crippen LogP contribution in [-0.4, -0.2) is 12.6 Å². The molecule has 0 spiro atoms. The van der Waals surface area contributed by atoms with Crippen LogP contribution in [0.15, 0.2) is 34.8 Å². The summed E-state index contributed by atoms with van der Waals surface area (Å²) in [6.07, 6.45) is 0. The number of carbonyl (C=O) groups excluding carboxylic acids is 1. The van der Waals surface area contributed by atoms with Crippen LogP contribution >= 0.6 is 27.3 Å². The number of thiophene rings is 1. The second kappa shape index (κ2) is 6.90. The summed E-state index contributed by atoms with van der Waals surface area (Å²) in [7, 11) is 0. The minimum atomic E-state index is -0.281. The molecule has 0 aliphatic heterocycles. The van der Waals surface area contributed by atoms with Gasteiger partial charge >= 0.3 is 5.97 Å². The minimum absolute atomic E-state index is 0.281. The highest BCUT2D eigenvalue weighted by molar-refractivity contribution is 9.10. The fourth-order valence-electron chi connectivity index (χ4n) is 1.73. The number of esters is 1. The number of halogens is 1. The Balaban J connectivity index is 1.95. The van der Waals surface area contributed by atoms with Crippen molar-refractivity contribution in [3.05, 3.63) is 50.1 Å². The van der Waals surface area contributed by atoms with Crippen molar-refractivity contribution >= 4 is 38.9 Å². The molecule has 2 aromatic rings. The van der Waals surface area contributed by atoms with Gasteiger partial charge in [-0.15, -0.1) is 11.3 Å². The van der Waals surface area contributed by atoms with Gasteiger partial charge < -0.3 is 10.1 Å². The molecule has 0 aliphatic carbocycles. The first-order chi connectivity index (χ1) is 9.60. The molecule has 2 rings (SSSR count). The van der Waals surface area contributed by atoms with Crippen LogP contribution in [0.3, 0.4) is 0 Å². The number of aryl methyl sites for hydroxylation is 1. The molecule has 1 aromatic heterocycles. The highest BCUT2D eigenvalue weighted by Gasteiger charge is 2.06. The Labute approximate surface area is 131 Å². The Bertz CT molecular complexity index is 573. The fraction of sp³-hybridized carbons (Fsp3) is 0.267. The zero-order chi connectivity index (χ0) is 14.5. The van der Waals surface area contributed by atoms with Crippen LogP contribution in [0, 0.1) is 6.92 Å². The van der Waals surface area contributed by atoms with Crippen LogP contribution in [0.25, 0.3) is 0 Å². The molecule has 0 saturated carbocycles. The predicted molar refractivity (Wildman–Crippen MR) is 86.5 cm³/mol. The van der Waals surface area contributed by atoms with Gasteiger partial charge in [0.15, 0.2) is 0 Å². The highest BCUT2D eigenvalue weighted by atomic mass is 79.9. The molecule has 1 heterocycles. The normalized spacial score (nSPS) is 10.3. The molecule has 1 aromatic carbocycles. The van der Waals surface area contributed by atoms with Gasteiger partial charge in [0.2, 0.25) is 0 Å². The second-order valence-electron chi connectivity index (χ2n) is 4.27. The maximum atomic E-state index is 11.5. The van der Waals surface area contributed by atoms with Crippen molar-refractivity contribution in [3.8, 4) is 0 Å². The highest BCUT2D eigenvalue weighted by Crippen LogP contribution is 2.26. The summed E-state index contributed by atoms with van der Waals surface area (Å²) in [6.45, 7) is 5.06. The standard InChI is InChI=1S/C15H16BrNO2S/c1-3-19-15(18)11-4-6-12(7-5-11)17-9-13-8-14(16)10(2)20-13/h4-8,17H,3,9H2,1-2H3. The molecule has 0 unspecified atom stereocenters. The average Bonchev–Trinajstić information content (AvgIpc) is 2.76. The predicted octanol–water partition coefficient (Wildman–Crippen LogP) is 4.61. The van der Waals surface area contributed by atoms with E-state index in [-0.39, 0.29) is 5.97 Å². The fourth-order valence-corrected chi connectivity index (χ4v) is 3.27. The third-order valence-corrected chi connectivity index (χ3v) is 4.91. The van der Waals surface area contributed by atoms with Crippen molar-refractivity contribution in [2.45, 2.75) is 20.4 Å². The third-order valence-electron chi connectivity index (χ3n) is 2.77. The van der Waals surface area contributed by atoms with E-state index in [0.717, 1.165) is 16.7 Å². The molecule has 0 radical (unpaired) electrons. The largest absolute Gasteiger partial charge is 0.462 e. The van der Waals surface area contributed by atoms with E-state index >= 15 is 0 Å². The molecule has 0 aliphatic rings. The molecular formula is C15H16BrNO2S.